The Kier molecular flexibility index (Phi) is 3.97. The first-order valence-electron chi connectivity index (χ1n) is 4.49. The fourth-order valence-corrected chi connectivity index (χ4v) is 1.12. The van der Waals surface area contributed by atoms with Crippen molar-refractivity contribution in [2.45, 2.75) is 12.7 Å². The molecule has 0 aliphatic carbocycles. The second kappa shape index (κ2) is 4.98. The maximum absolute atomic E-state index is 12.0. The summed E-state index contributed by atoms with van der Waals surface area (Å²) in [6, 6.07) is 1.56. The second-order valence-electron chi connectivity index (χ2n) is 3.21. The van der Waals surface area contributed by atoms with E-state index in [0.717, 1.165) is 0 Å². The van der Waals surface area contributed by atoms with Crippen LogP contribution in [0.25, 0.3) is 0 Å². The highest BCUT2D eigenvalue weighted by Crippen LogP contribution is 2.31. The third-order valence-electron chi connectivity index (χ3n) is 1.67. The summed E-state index contributed by atoms with van der Waals surface area (Å²) in [5.74, 6) is -3.01. The van der Waals surface area contributed by atoms with E-state index < -0.39 is 35.6 Å². The van der Waals surface area contributed by atoms with Crippen LogP contribution < -0.4 is 9.47 Å². The maximum Gasteiger partial charge on any atom is 0.573 e. The summed E-state index contributed by atoms with van der Waals surface area (Å²) in [7, 11) is 0. The molecule has 0 unspecified atom stereocenters. The molecule has 0 heterocycles. The van der Waals surface area contributed by atoms with Crippen LogP contribution in [0.3, 0.4) is 0 Å². The van der Waals surface area contributed by atoms with Gasteiger partial charge in [-0.25, -0.2) is 0 Å². The van der Waals surface area contributed by atoms with Gasteiger partial charge in [-0.2, -0.15) is 0 Å². The minimum atomic E-state index is -5.11. The SMILES string of the molecule is [CH2]C(=O)c1cc(OC(F)(F)F)cc(OC(F)(F)F)c1. The van der Waals surface area contributed by atoms with Crippen molar-refractivity contribution in [2.24, 2.45) is 0 Å². The average molecular weight is 287 g/mol. The number of Topliss-reactive ketones (excluding diaryl/α,β-unsaturated/α-hetero) is 1. The molecule has 0 aliphatic heterocycles. The molecule has 0 bridgehead atoms. The van der Waals surface area contributed by atoms with Gasteiger partial charge in [0.1, 0.15) is 11.5 Å². The van der Waals surface area contributed by atoms with Crippen LogP contribution in [0.15, 0.2) is 18.2 Å². The molecule has 3 nitrogen and oxygen atoms in total. The maximum atomic E-state index is 12.0. The molecular weight excluding hydrogens is 282 g/mol. The zero-order chi connectivity index (χ0) is 14.8. The first kappa shape index (κ1) is 15.1. The molecule has 1 aromatic rings. The van der Waals surface area contributed by atoms with E-state index in [1.54, 1.807) is 0 Å². The van der Waals surface area contributed by atoms with Gasteiger partial charge in [0.15, 0.2) is 5.78 Å². The van der Waals surface area contributed by atoms with Crippen molar-refractivity contribution in [1.82, 2.24) is 0 Å². The number of rotatable bonds is 3. The number of carbonyl (C=O) groups is 1. The van der Waals surface area contributed by atoms with Gasteiger partial charge in [-0.1, -0.05) is 0 Å². The molecule has 0 saturated carbocycles. The summed E-state index contributed by atoms with van der Waals surface area (Å²) in [4.78, 5) is 10.9. The Morgan fingerprint density at radius 3 is 1.53 bits per heavy atom. The third kappa shape index (κ3) is 5.49. The molecular formula is C10H5F6O3. The monoisotopic (exact) mass is 287 g/mol. The summed E-state index contributed by atoms with van der Waals surface area (Å²) in [5.41, 5.74) is -0.513. The average Bonchev–Trinajstić information content (AvgIpc) is 2.10. The van der Waals surface area contributed by atoms with Crippen molar-refractivity contribution in [3.8, 4) is 11.5 Å². The van der Waals surface area contributed by atoms with Gasteiger partial charge in [-0.05, 0) is 12.1 Å². The number of ether oxygens (including phenoxy) is 2. The largest absolute Gasteiger partial charge is 0.573 e. The quantitative estimate of drug-likeness (QED) is 0.630. The molecule has 105 valence electrons. The van der Waals surface area contributed by atoms with Gasteiger partial charge >= 0.3 is 12.7 Å². The van der Waals surface area contributed by atoms with E-state index in [-0.39, 0.29) is 0 Å². The first-order valence-corrected chi connectivity index (χ1v) is 4.49. The van der Waals surface area contributed by atoms with Gasteiger partial charge in [0.25, 0.3) is 0 Å². The van der Waals surface area contributed by atoms with E-state index in [4.69, 9.17) is 0 Å². The predicted molar refractivity (Wildman–Crippen MR) is 49.5 cm³/mol. The lowest BCUT2D eigenvalue weighted by Crippen LogP contribution is -2.19. The van der Waals surface area contributed by atoms with Crippen molar-refractivity contribution in [3.63, 3.8) is 0 Å². The van der Waals surface area contributed by atoms with E-state index in [0.29, 0.717) is 18.2 Å². The molecule has 0 saturated heterocycles. The summed E-state index contributed by atoms with van der Waals surface area (Å²) in [6.07, 6.45) is -10.2. The van der Waals surface area contributed by atoms with Crippen LogP contribution >= 0.6 is 0 Å². The minimum absolute atomic E-state index is 0.355. The van der Waals surface area contributed by atoms with Crippen molar-refractivity contribution < 1.29 is 40.6 Å². The molecule has 9 heteroatoms. The summed E-state index contributed by atoms with van der Waals surface area (Å²) in [6.45, 7) is 2.87. The van der Waals surface area contributed by atoms with Crippen molar-refractivity contribution in [2.75, 3.05) is 0 Å². The molecule has 0 N–H and O–H groups in total. The molecule has 1 radical (unpaired) electrons. The smallest absolute Gasteiger partial charge is 0.406 e. The van der Waals surface area contributed by atoms with Gasteiger partial charge in [-0.3, -0.25) is 4.79 Å². The summed E-state index contributed by atoms with van der Waals surface area (Å²) >= 11 is 0. The highest BCUT2D eigenvalue weighted by atomic mass is 19.4. The number of benzene rings is 1. The van der Waals surface area contributed by atoms with Gasteiger partial charge in [0.05, 0.1) is 0 Å². The van der Waals surface area contributed by atoms with E-state index >= 15 is 0 Å². The second-order valence-corrected chi connectivity index (χ2v) is 3.21. The number of carbonyl (C=O) groups excluding carboxylic acids is 1. The molecule has 1 aromatic carbocycles. The lowest BCUT2D eigenvalue weighted by atomic mass is 10.1. The molecule has 0 amide bonds. The van der Waals surface area contributed by atoms with Crippen molar-refractivity contribution >= 4 is 5.78 Å². The van der Waals surface area contributed by atoms with Crippen LogP contribution in [0.1, 0.15) is 10.4 Å². The lowest BCUT2D eigenvalue weighted by Gasteiger charge is -2.13. The van der Waals surface area contributed by atoms with Crippen LogP contribution in [0.2, 0.25) is 0 Å². The molecule has 1 rings (SSSR count). The van der Waals surface area contributed by atoms with Crippen molar-refractivity contribution in [3.05, 3.63) is 30.7 Å². The summed E-state index contributed by atoms with van der Waals surface area (Å²) in [5, 5.41) is 0. The Morgan fingerprint density at radius 1 is 0.895 bits per heavy atom. The lowest BCUT2D eigenvalue weighted by molar-refractivity contribution is -0.276. The molecule has 0 aliphatic rings. The third-order valence-corrected chi connectivity index (χ3v) is 1.67. The molecule has 0 atom stereocenters. The number of hydrogen-bond donors (Lipinski definition) is 0. The van der Waals surface area contributed by atoms with Crippen LogP contribution in [0.5, 0.6) is 11.5 Å². The molecule has 0 spiro atoms. The van der Waals surface area contributed by atoms with Gasteiger partial charge in [0.2, 0.25) is 0 Å². The fourth-order valence-electron chi connectivity index (χ4n) is 1.12. The fraction of sp³-hybridized carbons (Fsp3) is 0.200. The van der Waals surface area contributed by atoms with Crippen LogP contribution in [-0.2, 0) is 0 Å². The van der Waals surface area contributed by atoms with Crippen molar-refractivity contribution in [1.29, 1.82) is 0 Å². The summed E-state index contributed by atoms with van der Waals surface area (Å²) < 4.78 is 78.6. The van der Waals surface area contributed by atoms with Gasteiger partial charge < -0.3 is 9.47 Å². The standard InChI is InChI=1S/C10H5F6O3/c1-5(17)6-2-7(18-9(11,12)13)4-8(3-6)19-10(14,15)16/h2-4H,1H2. The minimum Gasteiger partial charge on any atom is -0.406 e. The topological polar surface area (TPSA) is 35.5 Å². The highest BCUT2D eigenvalue weighted by Gasteiger charge is 2.34. The van der Waals surface area contributed by atoms with Gasteiger partial charge in [0, 0.05) is 18.6 Å². The number of ketones is 1. The van der Waals surface area contributed by atoms with E-state index in [2.05, 4.69) is 16.4 Å². The Balaban J connectivity index is 3.14. The van der Waals surface area contributed by atoms with E-state index in [1.165, 1.54) is 0 Å². The highest BCUT2D eigenvalue weighted by molar-refractivity contribution is 5.99. The Hall–Kier alpha value is -1.93. The first-order chi connectivity index (χ1) is 8.46. The number of halogens is 6. The normalized spacial score (nSPS) is 12.2. The van der Waals surface area contributed by atoms with Crippen LogP contribution in [0.4, 0.5) is 26.3 Å². The predicted octanol–water partition coefficient (Wildman–Crippen LogP) is 3.50. The zero-order valence-electron chi connectivity index (χ0n) is 8.93. The Labute approximate surface area is 102 Å². The molecule has 0 aromatic heterocycles. The van der Waals surface area contributed by atoms with E-state index in [9.17, 15) is 31.1 Å². The number of alkyl halides is 6. The zero-order valence-corrected chi connectivity index (χ0v) is 8.93. The van der Waals surface area contributed by atoms with Crippen LogP contribution in [-0.4, -0.2) is 18.5 Å². The van der Waals surface area contributed by atoms with E-state index in [1.807, 2.05) is 0 Å². The van der Waals surface area contributed by atoms with Gasteiger partial charge in [-0.15, -0.1) is 26.3 Å². The molecule has 19 heavy (non-hydrogen) atoms. The Morgan fingerprint density at radius 2 is 1.26 bits per heavy atom. The Bertz CT molecular complexity index is 443. The van der Waals surface area contributed by atoms with Crippen LogP contribution in [0, 0.1) is 6.92 Å². The molecule has 0 fully saturated rings. The number of hydrogen-bond acceptors (Lipinski definition) is 3.